The van der Waals surface area contributed by atoms with E-state index >= 15 is 0 Å². The summed E-state index contributed by atoms with van der Waals surface area (Å²) in [6, 6.07) is 9.18. The molecule has 1 unspecified atom stereocenters. The van der Waals surface area contributed by atoms with Gasteiger partial charge in [0.15, 0.2) is 0 Å². The highest BCUT2D eigenvalue weighted by atomic mass is 35.5. The van der Waals surface area contributed by atoms with Crippen molar-refractivity contribution in [3.63, 3.8) is 0 Å². The number of piperidine rings is 1. The lowest BCUT2D eigenvalue weighted by Crippen LogP contribution is -2.43. The molecule has 1 aliphatic heterocycles. The van der Waals surface area contributed by atoms with Gasteiger partial charge in [-0.15, -0.1) is 0 Å². The topological polar surface area (TPSA) is 47.4 Å². The van der Waals surface area contributed by atoms with Gasteiger partial charge in [0.1, 0.15) is 11.8 Å². The number of halogens is 1. The fourth-order valence-electron chi connectivity index (χ4n) is 3.47. The number of carbonyl (C=O) groups is 1. The van der Waals surface area contributed by atoms with Gasteiger partial charge >= 0.3 is 0 Å². The zero-order valence-corrected chi connectivity index (χ0v) is 16.4. The second-order valence-corrected chi connectivity index (χ2v) is 7.52. The number of amides is 1. The van der Waals surface area contributed by atoms with Gasteiger partial charge < -0.3 is 9.64 Å². The molecule has 0 N–H and O–H groups in total. The Labute approximate surface area is 159 Å². The van der Waals surface area contributed by atoms with E-state index in [0.717, 1.165) is 43.1 Å². The lowest BCUT2D eigenvalue weighted by molar-refractivity contribution is -0.136. The van der Waals surface area contributed by atoms with Crippen molar-refractivity contribution in [3.8, 4) is 5.75 Å². The lowest BCUT2D eigenvalue weighted by atomic mass is 9.97. The number of carbonyl (C=O) groups excluding carboxylic acids is 1. The first-order chi connectivity index (χ1) is 12.4. The number of nitrogens with zero attached hydrogens (tertiary/aromatic N) is 3. The van der Waals surface area contributed by atoms with E-state index in [2.05, 4.69) is 5.10 Å². The highest BCUT2D eigenvalue weighted by Gasteiger charge is 2.28. The molecular formula is C20H26ClN3O2. The van der Waals surface area contributed by atoms with Crippen molar-refractivity contribution < 1.29 is 9.53 Å². The molecule has 3 rings (SSSR count). The van der Waals surface area contributed by atoms with Crippen LogP contribution in [0.5, 0.6) is 5.75 Å². The third-order valence-corrected chi connectivity index (χ3v) is 5.25. The van der Waals surface area contributed by atoms with Gasteiger partial charge in [0.05, 0.1) is 12.3 Å². The van der Waals surface area contributed by atoms with Crippen molar-refractivity contribution >= 4 is 17.5 Å². The summed E-state index contributed by atoms with van der Waals surface area (Å²) in [6.07, 6.45) is 1.92. The van der Waals surface area contributed by atoms with Gasteiger partial charge in [-0.3, -0.25) is 9.48 Å². The molecule has 0 bridgehead atoms. The predicted octanol–water partition coefficient (Wildman–Crippen LogP) is 4.03. The SMILES string of the molecule is Cc1cc(C)n(C(C)C(=O)N2CCC(COc3ccc(Cl)cc3)CC2)n1. The van der Waals surface area contributed by atoms with E-state index in [0.29, 0.717) is 17.5 Å². The Morgan fingerprint density at radius 1 is 1.27 bits per heavy atom. The summed E-state index contributed by atoms with van der Waals surface area (Å²) >= 11 is 5.89. The van der Waals surface area contributed by atoms with Gasteiger partial charge in [-0.1, -0.05) is 11.6 Å². The normalized spacial score (nSPS) is 16.5. The largest absolute Gasteiger partial charge is 0.493 e. The minimum atomic E-state index is -0.259. The molecule has 2 aromatic rings. The first kappa shape index (κ1) is 18.8. The molecule has 6 heteroatoms. The third kappa shape index (κ3) is 4.39. The van der Waals surface area contributed by atoms with Crippen LogP contribution in [0.25, 0.3) is 0 Å². The molecule has 1 aromatic heterocycles. The van der Waals surface area contributed by atoms with E-state index in [-0.39, 0.29) is 11.9 Å². The molecule has 1 atom stereocenters. The fourth-order valence-corrected chi connectivity index (χ4v) is 3.60. The first-order valence-corrected chi connectivity index (χ1v) is 9.51. The molecular weight excluding hydrogens is 350 g/mol. The van der Waals surface area contributed by atoms with E-state index in [1.807, 2.05) is 60.7 Å². The Bertz CT molecular complexity index is 749. The molecule has 1 fully saturated rings. The first-order valence-electron chi connectivity index (χ1n) is 9.14. The molecule has 1 amide bonds. The van der Waals surface area contributed by atoms with E-state index < -0.39 is 0 Å². The third-order valence-electron chi connectivity index (χ3n) is 4.99. The number of benzene rings is 1. The number of aryl methyl sites for hydroxylation is 2. The van der Waals surface area contributed by atoms with Gasteiger partial charge in [-0.2, -0.15) is 5.10 Å². The van der Waals surface area contributed by atoms with Crippen LogP contribution < -0.4 is 4.74 Å². The maximum Gasteiger partial charge on any atom is 0.247 e. The van der Waals surface area contributed by atoms with Crippen LogP contribution in [0.15, 0.2) is 30.3 Å². The van der Waals surface area contributed by atoms with Crippen LogP contribution in [0.2, 0.25) is 5.02 Å². The fraction of sp³-hybridized carbons (Fsp3) is 0.500. The average Bonchev–Trinajstić information content (AvgIpc) is 2.98. The summed E-state index contributed by atoms with van der Waals surface area (Å²) in [4.78, 5) is 14.8. The van der Waals surface area contributed by atoms with Gasteiger partial charge in [-0.25, -0.2) is 0 Å². The summed E-state index contributed by atoms with van der Waals surface area (Å²) in [5.41, 5.74) is 1.97. The minimum Gasteiger partial charge on any atom is -0.493 e. The number of hydrogen-bond donors (Lipinski definition) is 0. The summed E-state index contributed by atoms with van der Waals surface area (Å²) in [7, 11) is 0. The Morgan fingerprint density at radius 2 is 1.92 bits per heavy atom. The van der Waals surface area contributed by atoms with Crippen molar-refractivity contribution in [2.45, 2.75) is 39.7 Å². The lowest BCUT2D eigenvalue weighted by Gasteiger charge is -2.33. The van der Waals surface area contributed by atoms with Crippen molar-refractivity contribution in [2.24, 2.45) is 5.92 Å². The maximum absolute atomic E-state index is 12.8. The second kappa shape index (κ2) is 8.12. The number of rotatable bonds is 5. The summed E-state index contributed by atoms with van der Waals surface area (Å²) in [6.45, 7) is 8.10. The van der Waals surface area contributed by atoms with Crippen LogP contribution in [0.4, 0.5) is 0 Å². The molecule has 5 nitrogen and oxygen atoms in total. The number of ether oxygens (including phenoxy) is 1. The molecule has 140 valence electrons. The molecule has 1 aliphatic rings. The molecule has 26 heavy (non-hydrogen) atoms. The molecule has 0 radical (unpaired) electrons. The average molecular weight is 376 g/mol. The van der Waals surface area contributed by atoms with Gasteiger partial charge in [0, 0.05) is 23.8 Å². The zero-order valence-electron chi connectivity index (χ0n) is 15.6. The summed E-state index contributed by atoms with van der Waals surface area (Å²) in [5.74, 6) is 1.46. The van der Waals surface area contributed by atoms with Crippen LogP contribution >= 0.6 is 11.6 Å². The molecule has 1 saturated heterocycles. The Balaban J connectivity index is 1.49. The maximum atomic E-state index is 12.8. The number of hydrogen-bond acceptors (Lipinski definition) is 3. The minimum absolute atomic E-state index is 0.147. The summed E-state index contributed by atoms with van der Waals surface area (Å²) in [5, 5.41) is 5.16. The monoisotopic (exact) mass is 375 g/mol. The van der Waals surface area contributed by atoms with Crippen molar-refractivity contribution in [1.29, 1.82) is 0 Å². The highest BCUT2D eigenvalue weighted by Crippen LogP contribution is 2.23. The van der Waals surface area contributed by atoms with Gasteiger partial charge in [-0.05, 0) is 69.9 Å². The molecule has 0 spiro atoms. The van der Waals surface area contributed by atoms with Crippen LogP contribution in [0.3, 0.4) is 0 Å². The molecule has 0 aliphatic carbocycles. The van der Waals surface area contributed by atoms with Crippen LogP contribution in [-0.2, 0) is 4.79 Å². The van der Waals surface area contributed by atoms with E-state index in [4.69, 9.17) is 16.3 Å². The van der Waals surface area contributed by atoms with Crippen LogP contribution in [0.1, 0.15) is 37.2 Å². The number of likely N-dealkylation sites (tertiary alicyclic amines) is 1. The van der Waals surface area contributed by atoms with Crippen LogP contribution in [-0.4, -0.2) is 40.3 Å². The van der Waals surface area contributed by atoms with Gasteiger partial charge in [0.2, 0.25) is 5.91 Å². The van der Waals surface area contributed by atoms with E-state index in [9.17, 15) is 4.79 Å². The van der Waals surface area contributed by atoms with Crippen molar-refractivity contribution in [1.82, 2.24) is 14.7 Å². The predicted molar refractivity (Wildman–Crippen MR) is 103 cm³/mol. The van der Waals surface area contributed by atoms with Crippen molar-refractivity contribution in [3.05, 3.63) is 46.7 Å². The Hall–Kier alpha value is -2.01. The smallest absolute Gasteiger partial charge is 0.247 e. The molecule has 1 aromatic carbocycles. The quantitative estimate of drug-likeness (QED) is 0.792. The highest BCUT2D eigenvalue weighted by molar-refractivity contribution is 6.30. The summed E-state index contributed by atoms with van der Waals surface area (Å²) < 4.78 is 7.68. The van der Waals surface area contributed by atoms with Crippen LogP contribution in [0, 0.1) is 19.8 Å². The Kier molecular flexibility index (Phi) is 5.87. The zero-order chi connectivity index (χ0) is 18.7. The van der Waals surface area contributed by atoms with Crippen molar-refractivity contribution in [2.75, 3.05) is 19.7 Å². The molecule has 2 heterocycles. The van der Waals surface area contributed by atoms with E-state index in [1.54, 1.807) is 0 Å². The standard InChI is InChI=1S/C20H26ClN3O2/c1-14-12-15(2)24(22-14)16(3)20(25)23-10-8-17(9-11-23)13-26-19-6-4-18(21)5-7-19/h4-7,12,16-17H,8-11,13H2,1-3H3. The molecule has 0 saturated carbocycles. The van der Waals surface area contributed by atoms with E-state index in [1.165, 1.54) is 0 Å². The van der Waals surface area contributed by atoms with Gasteiger partial charge in [0.25, 0.3) is 0 Å². The second-order valence-electron chi connectivity index (χ2n) is 7.08. The number of aromatic nitrogens is 2. The Morgan fingerprint density at radius 3 is 2.50 bits per heavy atom.